The maximum atomic E-state index is 9.76. The highest BCUT2D eigenvalue weighted by atomic mass is 16.6. The van der Waals surface area contributed by atoms with Crippen LogP contribution in [0.2, 0.25) is 0 Å². The fraction of sp³-hybridized carbons (Fsp3) is 0.667. The number of rotatable bonds is 31. The summed E-state index contributed by atoms with van der Waals surface area (Å²) in [5.74, 6) is 1.30. The molecule has 1 saturated carbocycles. The first-order valence-electron chi connectivity index (χ1n) is 23.1. The number of tetrazole rings is 1. The molecule has 2 bridgehead atoms. The van der Waals surface area contributed by atoms with E-state index in [1.54, 1.807) is 30.3 Å². The number of morpholine rings is 1. The standard InChI is InChI=1S/C45H65N11O10/c1-34(29-54-33-49-52-53-54)66-43-25-35(3-4-36(43)26-46)37-27-47-45(48-28-37)50-42-30-55(38-5-7-39(8-6-38)56-40-9-10-41(56)32-64-31-40)51-44(42)65-24-23-63-22-21-62-20-19-61-18-17-60-16-15-59-14-13-58-12-11-57-2/h3-4,25,27-28,30,33-34,38-41H,5-24,29,31-32H2,1-2H3,(H,47,48,50)/t34-,38?,39?,40-,41+/m0/s1. The number of ether oxygens (including phenoxy) is 10. The van der Waals surface area contributed by atoms with Crippen molar-refractivity contribution in [3.8, 4) is 28.8 Å². The number of nitrogens with zero attached hydrogens (tertiary/aromatic N) is 10. The maximum absolute atomic E-state index is 9.76. The van der Waals surface area contributed by atoms with Gasteiger partial charge in [-0.1, -0.05) is 6.07 Å². The molecule has 4 aromatic rings. The Balaban J connectivity index is 0.856. The van der Waals surface area contributed by atoms with Gasteiger partial charge in [0.15, 0.2) is 0 Å². The molecule has 3 atom stereocenters. The summed E-state index contributed by atoms with van der Waals surface area (Å²) in [5.41, 5.74) is 2.65. The van der Waals surface area contributed by atoms with Gasteiger partial charge in [-0.2, -0.15) is 5.26 Å². The zero-order valence-electron chi connectivity index (χ0n) is 38.2. The summed E-state index contributed by atoms with van der Waals surface area (Å²) in [4.78, 5) is 12.0. The van der Waals surface area contributed by atoms with Crippen molar-refractivity contribution in [3.63, 3.8) is 0 Å². The monoisotopic (exact) mass is 919 g/mol. The van der Waals surface area contributed by atoms with E-state index in [1.807, 2.05) is 29.9 Å². The van der Waals surface area contributed by atoms with E-state index in [9.17, 15) is 5.26 Å². The Bertz CT molecular complexity index is 2000. The summed E-state index contributed by atoms with van der Waals surface area (Å²) in [7, 11) is 1.65. The molecule has 21 heteroatoms. The van der Waals surface area contributed by atoms with Crippen molar-refractivity contribution in [1.29, 1.82) is 5.26 Å². The molecule has 0 radical (unpaired) electrons. The highest BCUT2D eigenvalue weighted by Crippen LogP contribution is 2.39. The molecule has 3 aromatic heterocycles. The van der Waals surface area contributed by atoms with Gasteiger partial charge in [0.05, 0.1) is 123 Å². The molecule has 1 aliphatic carbocycles. The molecule has 1 aromatic carbocycles. The Kier molecular flexibility index (Phi) is 20.1. The predicted molar refractivity (Wildman–Crippen MR) is 239 cm³/mol. The highest BCUT2D eigenvalue weighted by molar-refractivity contribution is 5.67. The van der Waals surface area contributed by atoms with E-state index in [1.165, 1.54) is 19.2 Å². The molecule has 2 aliphatic heterocycles. The van der Waals surface area contributed by atoms with Gasteiger partial charge in [0.2, 0.25) is 5.95 Å². The minimum atomic E-state index is -0.291. The quantitative estimate of drug-likeness (QED) is 0.0708. The van der Waals surface area contributed by atoms with Crippen LogP contribution in [0, 0.1) is 11.3 Å². The Labute approximate surface area is 386 Å². The smallest absolute Gasteiger partial charge is 0.257 e. The van der Waals surface area contributed by atoms with E-state index in [4.69, 9.17) is 52.5 Å². The number of nitrogens with one attached hydrogen (secondary N) is 1. The molecular formula is C45H65N11O10. The third-order valence-corrected chi connectivity index (χ3v) is 11.7. The molecule has 2 saturated heterocycles. The molecule has 360 valence electrons. The number of hydrogen-bond donors (Lipinski definition) is 1. The molecular weight excluding hydrogens is 855 g/mol. The van der Waals surface area contributed by atoms with Crippen LogP contribution in [0.25, 0.3) is 11.1 Å². The fourth-order valence-electron chi connectivity index (χ4n) is 8.51. The van der Waals surface area contributed by atoms with Crippen molar-refractivity contribution in [2.45, 2.75) is 82.3 Å². The van der Waals surface area contributed by atoms with E-state index in [0.29, 0.717) is 146 Å². The number of fused-ring (bicyclic) bond motifs is 2. The lowest BCUT2D eigenvalue weighted by Crippen LogP contribution is -2.52. The summed E-state index contributed by atoms with van der Waals surface area (Å²) in [5, 5.41) is 29.3. The second kappa shape index (κ2) is 27.1. The van der Waals surface area contributed by atoms with E-state index in [2.05, 4.69) is 41.8 Å². The van der Waals surface area contributed by atoms with Gasteiger partial charge in [0.25, 0.3) is 5.88 Å². The summed E-state index contributed by atoms with van der Waals surface area (Å²) in [6.45, 7) is 10.7. The van der Waals surface area contributed by atoms with Crippen molar-refractivity contribution in [2.24, 2.45) is 0 Å². The van der Waals surface area contributed by atoms with Gasteiger partial charge in [-0.3, -0.25) is 9.58 Å². The number of nitriles is 1. The number of methoxy groups -OCH3 is 1. The summed E-state index contributed by atoms with van der Waals surface area (Å²) in [6, 6.07) is 9.56. The minimum Gasteiger partial charge on any atom is -0.487 e. The van der Waals surface area contributed by atoms with Crippen molar-refractivity contribution in [1.82, 2.24) is 44.9 Å². The Morgan fingerprint density at radius 3 is 1.89 bits per heavy atom. The van der Waals surface area contributed by atoms with E-state index in [-0.39, 0.29) is 12.1 Å². The molecule has 3 aliphatic rings. The molecule has 5 heterocycles. The fourth-order valence-corrected chi connectivity index (χ4v) is 8.51. The van der Waals surface area contributed by atoms with Crippen LogP contribution in [-0.4, -0.2) is 182 Å². The van der Waals surface area contributed by atoms with Crippen molar-refractivity contribution in [2.75, 3.05) is 118 Å². The second-order valence-electron chi connectivity index (χ2n) is 16.4. The van der Waals surface area contributed by atoms with Crippen LogP contribution in [0.5, 0.6) is 11.6 Å². The third-order valence-electron chi connectivity index (χ3n) is 11.7. The lowest BCUT2D eigenvalue weighted by atomic mass is 9.89. The zero-order valence-corrected chi connectivity index (χ0v) is 38.2. The van der Waals surface area contributed by atoms with Gasteiger partial charge in [-0.05, 0) is 73.6 Å². The van der Waals surface area contributed by atoms with Crippen LogP contribution in [0.3, 0.4) is 0 Å². The van der Waals surface area contributed by atoms with Crippen LogP contribution >= 0.6 is 0 Å². The molecule has 7 rings (SSSR count). The van der Waals surface area contributed by atoms with Crippen molar-refractivity contribution >= 4 is 11.6 Å². The number of hydrogen-bond acceptors (Lipinski definition) is 19. The Morgan fingerprint density at radius 1 is 0.742 bits per heavy atom. The van der Waals surface area contributed by atoms with Gasteiger partial charge in [0.1, 0.15) is 36.5 Å². The van der Waals surface area contributed by atoms with Gasteiger partial charge in [-0.15, -0.1) is 10.2 Å². The summed E-state index contributed by atoms with van der Waals surface area (Å²) >= 11 is 0. The van der Waals surface area contributed by atoms with E-state index in [0.717, 1.165) is 50.0 Å². The zero-order chi connectivity index (χ0) is 45.6. The maximum Gasteiger partial charge on any atom is 0.257 e. The number of anilines is 2. The van der Waals surface area contributed by atoms with E-state index < -0.39 is 0 Å². The van der Waals surface area contributed by atoms with Crippen LogP contribution in [-0.2, 0) is 44.4 Å². The predicted octanol–water partition coefficient (Wildman–Crippen LogP) is 3.88. The molecule has 0 unspecified atom stereocenters. The van der Waals surface area contributed by atoms with Crippen molar-refractivity contribution < 1.29 is 47.4 Å². The average molecular weight is 920 g/mol. The third kappa shape index (κ3) is 15.1. The van der Waals surface area contributed by atoms with Crippen molar-refractivity contribution in [3.05, 3.63) is 48.7 Å². The van der Waals surface area contributed by atoms with Gasteiger partial charge >= 0.3 is 0 Å². The van der Waals surface area contributed by atoms with Crippen LogP contribution in [0.4, 0.5) is 11.6 Å². The normalized spacial score (nSPS) is 20.0. The summed E-state index contributed by atoms with van der Waals surface area (Å²) < 4.78 is 60.2. The molecule has 21 nitrogen and oxygen atoms in total. The van der Waals surface area contributed by atoms with Crippen LogP contribution < -0.4 is 14.8 Å². The summed E-state index contributed by atoms with van der Waals surface area (Å²) in [6.07, 6.45) is 13.5. The second-order valence-corrected chi connectivity index (χ2v) is 16.4. The SMILES string of the molecule is COCCOCCOCCOCCOCCOCCOCCOc1nn(C2CCC(N3[C@@H]4CC[C@H]3COC4)CC2)cc1Nc1ncc(-c2ccc(C#N)c(O[C@@H](C)Cn3cnnn3)c2)cn1. The topological polar surface area (TPSA) is 219 Å². The van der Waals surface area contributed by atoms with Gasteiger partial charge in [0, 0.05) is 43.2 Å². The molecule has 0 spiro atoms. The highest BCUT2D eigenvalue weighted by Gasteiger charge is 2.42. The molecule has 1 N–H and O–H groups in total. The first kappa shape index (κ1) is 49.0. The average Bonchev–Trinajstić information content (AvgIpc) is 4.07. The van der Waals surface area contributed by atoms with Crippen LogP contribution in [0.15, 0.2) is 43.1 Å². The van der Waals surface area contributed by atoms with Gasteiger partial charge < -0.3 is 52.7 Å². The lowest BCUT2D eigenvalue weighted by Gasteiger charge is -2.43. The molecule has 0 amide bonds. The minimum absolute atomic E-state index is 0.247. The van der Waals surface area contributed by atoms with E-state index >= 15 is 0 Å². The Hall–Kier alpha value is -4.89. The first-order valence-corrected chi connectivity index (χ1v) is 23.1. The molecule has 66 heavy (non-hydrogen) atoms. The first-order chi connectivity index (χ1) is 32.6. The largest absolute Gasteiger partial charge is 0.487 e. The van der Waals surface area contributed by atoms with Crippen LogP contribution in [0.1, 0.15) is 57.1 Å². The Morgan fingerprint density at radius 2 is 1.32 bits per heavy atom. The number of aromatic nitrogens is 8. The molecule has 3 fully saturated rings. The number of benzene rings is 1. The van der Waals surface area contributed by atoms with Gasteiger partial charge in [-0.25, -0.2) is 14.6 Å². The lowest BCUT2D eigenvalue weighted by molar-refractivity contribution is -0.0458.